The number of nitrogens with one attached hydrogen (secondary N) is 2. The summed E-state index contributed by atoms with van der Waals surface area (Å²) in [6.45, 7) is 7.45. The van der Waals surface area contributed by atoms with Crippen molar-refractivity contribution < 1.29 is 14.7 Å². The summed E-state index contributed by atoms with van der Waals surface area (Å²) in [4.78, 5) is 31.5. The van der Waals surface area contributed by atoms with Crippen molar-refractivity contribution in [2.45, 2.75) is 27.2 Å². The monoisotopic (exact) mass is 467 g/mol. The zero-order valence-corrected chi connectivity index (χ0v) is 20.0. The van der Waals surface area contributed by atoms with Gasteiger partial charge in [0.25, 0.3) is 6.47 Å². The summed E-state index contributed by atoms with van der Waals surface area (Å²) in [7, 11) is 1.81. The van der Waals surface area contributed by atoms with Gasteiger partial charge in [0, 0.05) is 49.5 Å². The fraction of sp³-hybridized carbons (Fsp3) is 0.333. The first-order valence-electron chi connectivity index (χ1n) is 10.8. The lowest BCUT2D eigenvalue weighted by atomic mass is 9.93. The number of hydrogen-bond acceptors (Lipinski definition) is 7. The van der Waals surface area contributed by atoms with E-state index in [4.69, 9.17) is 21.4 Å². The van der Waals surface area contributed by atoms with Gasteiger partial charge in [0.2, 0.25) is 0 Å². The summed E-state index contributed by atoms with van der Waals surface area (Å²) in [6.07, 6.45) is 7.65. The van der Waals surface area contributed by atoms with Crippen molar-refractivity contribution >= 4 is 35.3 Å². The molecule has 7 N–H and O–H groups in total. The van der Waals surface area contributed by atoms with Crippen LogP contribution in [0.1, 0.15) is 37.1 Å². The molecular weight excluding hydrogens is 434 g/mol. The molecule has 0 atom stereocenters. The molecule has 0 radical (unpaired) electrons. The van der Waals surface area contributed by atoms with E-state index in [0.717, 1.165) is 47.7 Å². The number of anilines is 2. The van der Waals surface area contributed by atoms with Crippen LogP contribution < -0.4 is 22.1 Å². The summed E-state index contributed by atoms with van der Waals surface area (Å²) >= 11 is 0. The second-order valence-corrected chi connectivity index (χ2v) is 8.63. The fourth-order valence-corrected chi connectivity index (χ4v) is 3.60. The molecule has 1 fully saturated rings. The highest BCUT2D eigenvalue weighted by atomic mass is 16.3. The van der Waals surface area contributed by atoms with Crippen molar-refractivity contribution in [3.8, 4) is 0 Å². The van der Waals surface area contributed by atoms with Crippen molar-refractivity contribution in [1.82, 2.24) is 14.9 Å². The Hall–Kier alpha value is -4.08. The number of hydrogen-bond donors (Lipinski definition) is 5. The van der Waals surface area contributed by atoms with Crippen molar-refractivity contribution in [2.24, 2.45) is 16.9 Å². The second-order valence-electron chi connectivity index (χ2n) is 8.63. The Bertz CT molecular complexity index is 1080. The van der Waals surface area contributed by atoms with Gasteiger partial charge in [-0.25, -0.2) is 9.78 Å². The van der Waals surface area contributed by atoms with Gasteiger partial charge >= 0.3 is 6.03 Å². The molecule has 1 saturated heterocycles. The van der Waals surface area contributed by atoms with E-state index < -0.39 is 0 Å². The molecule has 0 bridgehead atoms. The fourth-order valence-electron chi connectivity index (χ4n) is 3.60. The Morgan fingerprint density at radius 3 is 2.59 bits per heavy atom. The number of nitrogens with two attached hydrogens (primary N) is 2. The Labute approximate surface area is 199 Å². The molecule has 0 unspecified atom stereocenters. The zero-order valence-electron chi connectivity index (χ0n) is 20.0. The lowest BCUT2D eigenvalue weighted by molar-refractivity contribution is -0.122. The van der Waals surface area contributed by atoms with Gasteiger partial charge in [-0.3, -0.25) is 9.78 Å². The van der Waals surface area contributed by atoms with E-state index in [-0.39, 0.29) is 17.9 Å². The SMILES string of the molecule is CNc1cc(C(/C=C(\N)c2cc(NC(=O)N3CCC(C)(C)C3)cnc2C)=C/N)ccn1.O=CO. The molecule has 3 rings (SSSR count). The van der Waals surface area contributed by atoms with Crippen LogP contribution >= 0.6 is 0 Å². The van der Waals surface area contributed by atoms with Gasteiger partial charge in [-0.2, -0.15) is 0 Å². The molecule has 34 heavy (non-hydrogen) atoms. The standard InChI is InChI=1S/C23H31N7O.CH2O2/c1-15-19(20(25)9-17(12-24)16-5-7-27-21(10-16)26-4)11-18(13-28-15)29-22(31)30-8-6-23(2,3)14-30;2-1-3/h5,7,9-13H,6,8,14,24-25H2,1-4H3,(H,26,27)(H,29,31);1H,(H,2,3)/b17-12+,20-9-;. The Kier molecular flexibility index (Phi) is 9.00. The summed E-state index contributed by atoms with van der Waals surface area (Å²) in [5, 5.41) is 12.8. The molecule has 1 aliphatic rings. The Morgan fingerprint density at radius 1 is 1.29 bits per heavy atom. The number of pyridine rings is 2. The third-order valence-electron chi connectivity index (χ3n) is 5.45. The van der Waals surface area contributed by atoms with Gasteiger partial charge in [-0.05, 0) is 54.2 Å². The van der Waals surface area contributed by atoms with Gasteiger partial charge < -0.3 is 32.1 Å². The number of likely N-dealkylation sites (tertiary alicyclic amines) is 1. The van der Waals surface area contributed by atoms with Crippen LogP contribution in [0.5, 0.6) is 0 Å². The van der Waals surface area contributed by atoms with E-state index in [1.165, 1.54) is 6.20 Å². The summed E-state index contributed by atoms with van der Waals surface area (Å²) < 4.78 is 0. The largest absolute Gasteiger partial charge is 0.483 e. The second kappa shape index (κ2) is 11.7. The minimum atomic E-state index is -0.250. The molecule has 182 valence electrons. The Balaban J connectivity index is 0.00000129. The predicted octanol–water partition coefficient (Wildman–Crippen LogP) is 3.09. The molecule has 2 aromatic rings. The molecule has 10 heteroatoms. The van der Waals surface area contributed by atoms with E-state index in [1.54, 1.807) is 25.5 Å². The molecule has 0 aliphatic carbocycles. The number of amides is 2. The minimum Gasteiger partial charge on any atom is -0.483 e. The smallest absolute Gasteiger partial charge is 0.321 e. The first-order valence-corrected chi connectivity index (χ1v) is 10.8. The van der Waals surface area contributed by atoms with Crippen LogP contribution in [0.3, 0.4) is 0 Å². The first kappa shape index (κ1) is 26.2. The molecule has 0 spiro atoms. The third kappa shape index (κ3) is 6.96. The summed E-state index contributed by atoms with van der Waals surface area (Å²) in [6, 6.07) is 5.47. The average Bonchev–Trinajstić information content (AvgIpc) is 3.19. The van der Waals surface area contributed by atoms with Crippen molar-refractivity contribution in [3.05, 3.63) is 59.7 Å². The molecular formula is C24H33N7O3. The maximum Gasteiger partial charge on any atom is 0.321 e. The third-order valence-corrected chi connectivity index (χ3v) is 5.45. The number of carbonyl (C=O) groups is 2. The van der Waals surface area contributed by atoms with Crippen molar-refractivity contribution in [2.75, 3.05) is 30.8 Å². The van der Waals surface area contributed by atoms with Gasteiger partial charge in [-0.1, -0.05) is 13.8 Å². The van der Waals surface area contributed by atoms with Crippen LogP contribution in [-0.4, -0.2) is 52.6 Å². The summed E-state index contributed by atoms with van der Waals surface area (Å²) in [5.41, 5.74) is 16.7. The zero-order chi connectivity index (χ0) is 25.3. The highest BCUT2D eigenvalue weighted by Gasteiger charge is 2.32. The average molecular weight is 468 g/mol. The number of carbonyl (C=O) groups excluding carboxylic acids is 1. The Morgan fingerprint density at radius 2 is 2.00 bits per heavy atom. The number of rotatable bonds is 5. The number of urea groups is 1. The topological polar surface area (TPSA) is 159 Å². The predicted molar refractivity (Wildman–Crippen MR) is 135 cm³/mol. The molecule has 10 nitrogen and oxygen atoms in total. The maximum atomic E-state index is 12.6. The molecule has 1 aliphatic heterocycles. The maximum absolute atomic E-state index is 12.6. The van der Waals surface area contributed by atoms with E-state index in [2.05, 4.69) is 34.4 Å². The number of carboxylic acid groups (broad SMARTS) is 1. The van der Waals surface area contributed by atoms with Crippen LogP contribution in [0, 0.1) is 12.3 Å². The first-order chi connectivity index (χ1) is 16.1. The highest BCUT2D eigenvalue weighted by molar-refractivity contribution is 5.90. The normalized spacial score (nSPS) is 15.2. The van der Waals surface area contributed by atoms with Crippen LogP contribution in [0.2, 0.25) is 0 Å². The van der Waals surface area contributed by atoms with Gasteiger partial charge in [0.1, 0.15) is 5.82 Å². The van der Waals surface area contributed by atoms with Crippen LogP contribution in [0.15, 0.2) is 42.9 Å². The van der Waals surface area contributed by atoms with Crippen LogP contribution in [0.4, 0.5) is 16.3 Å². The molecule has 0 aromatic carbocycles. The van der Waals surface area contributed by atoms with Crippen LogP contribution in [-0.2, 0) is 4.79 Å². The molecule has 2 aromatic heterocycles. The lowest BCUT2D eigenvalue weighted by Gasteiger charge is -2.20. The van der Waals surface area contributed by atoms with Gasteiger partial charge in [0.15, 0.2) is 0 Å². The van der Waals surface area contributed by atoms with Crippen LogP contribution in [0.25, 0.3) is 11.3 Å². The summed E-state index contributed by atoms with van der Waals surface area (Å²) in [5.74, 6) is 0.733. The van der Waals surface area contributed by atoms with E-state index in [1.807, 2.05) is 30.0 Å². The number of aryl methyl sites for hydroxylation is 1. The lowest BCUT2D eigenvalue weighted by Crippen LogP contribution is -2.34. The molecule has 3 heterocycles. The van der Waals surface area contributed by atoms with Crippen molar-refractivity contribution in [3.63, 3.8) is 0 Å². The van der Waals surface area contributed by atoms with Gasteiger partial charge in [-0.15, -0.1) is 0 Å². The highest BCUT2D eigenvalue weighted by Crippen LogP contribution is 2.29. The van der Waals surface area contributed by atoms with E-state index in [9.17, 15) is 4.79 Å². The number of allylic oxidation sites excluding steroid dienone is 2. The molecule has 0 saturated carbocycles. The van der Waals surface area contributed by atoms with E-state index >= 15 is 0 Å². The van der Waals surface area contributed by atoms with Crippen molar-refractivity contribution in [1.29, 1.82) is 0 Å². The van der Waals surface area contributed by atoms with E-state index in [0.29, 0.717) is 11.4 Å². The quantitative estimate of drug-likeness (QED) is 0.331. The number of aromatic nitrogens is 2. The molecule has 2 amide bonds. The minimum absolute atomic E-state index is 0.122. The van der Waals surface area contributed by atoms with Gasteiger partial charge in [0.05, 0.1) is 11.9 Å². The number of nitrogens with zero attached hydrogens (tertiary/aromatic N) is 3.